The van der Waals surface area contributed by atoms with E-state index in [9.17, 15) is 0 Å². The van der Waals surface area contributed by atoms with Crippen LogP contribution in [0.15, 0.2) is 16.8 Å². The van der Waals surface area contributed by atoms with Gasteiger partial charge in [0.15, 0.2) is 0 Å². The van der Waals surface area contributed by atoms with Crippen LogP contribution in [0.3, 0.4) is 0 Å². The first-order chi connectivity index (χ1) is 6.40. The van der Waals surface area contributed by atoms with E-state index in [2.05, 4.69) is 27.8 Å². The maximum atomic E-state index is 8.65. The molecule has 0 atom stereocenters. The van der Waals surface area contributed by atoms with Crippen LogP contribution in [0.1, 0.15) is 18.4 Å². The summed E-state index contributed by atoms with van der Waals surface area (Å²) in [6, 6.07) is 5.05. The highest BCUT2D eigenvalue weighted by atomic mass is 32.1. The van der Waals surface area contributed by atoms with E-state index in [4.69, 9.17) is 5.26 Å². The number of hydrogen-bond donors (Lipinski definition) is 0. The molecule has 1 aliphatic rings. The van der Waals surface area contributed by atoms with Crippen LogP contribution in [0.5, 0.6) is 0 Å². The second kappa shape index (κ2) is 3.91. The first kappa shape index (κ1) is 8.74. The Morgan fingerprint density at radius 2 is 2.46 bits per heavy atom. The van der Waals surface area contributed by atoms with Crippen molar-refractivity contribution in [2.75, 3.05) is 6.54 Å². The van der Waals surface area contributed by atoms with Crippen LogP contribution in [0.2, 0.25) is 0 Å². The fraction of sp³-hybridized carbons (Fsp3) is 0.500. The van der Waals surface area contributed by atoms with Gasteiger partial charge in [-0.2, -0.15) is 16.6 Å². The second-order valence-electron chi connectivity index (χ2n) is 3.43. The number of thiophene rings is 1. The minimum atomic E-state index is 0.570. The Morgan fingerprint density at radius 1 is 1.62 bits per heavy atom. The van der Waals surface area contributed by atoms with E-state index in [1.165, 1.54) is 18.4 Å². The Balaban J connectivity index is 1.93. The second-order valence-corrected chi connectivity index (χ2v) is 4.21. The third-order valence-corrected chi connectivity index (χ3v) is 3.03. The van der Waals surface area contributed by atoms with Gasteiger partial charge in [0.1, 0.15) is 0 Å². The average molecular weight is 192 g/mol. The molecule has 1 saturated carbocycles. The largest absolute Gasteiger partial charge is 0.283 e. The van der Waals surface area contributed by atoms with Crippen molar-refractivity contribution in [1.82, 2.24) is 4.90 Å². The molecule has 0 aliphatic heterocycles. The average Bonchev–Trinajstić information content (AvgIpc) is 2.85. The van der Waals surface area contributed by atoms with Crippen LogP contribution in [0.4, 0.5) is 0 Å². The molecule has 1 aliphatic carbocycles. The van der Waals surface area contributed by atoms with Crippen molar-refractivity contribution in [2.45, 2.75) is 25.4 Å². The molecule has 1 aromatic rings. The highest BCUT2D eigenvalue weighted by Gasteiger charge is 2.28. The van der Waals surface area contributed by atoms with E-state index >= 15 is 0 Å². The zero-order chi connectivity index (χ0) is 9.10. The first-order valence-electron chi connectivity index (χ1n) is 4.52. The van der Waals surface area contributed by atoms with Crippen molar-refractivity contribution in [3.8, 4) is 6.07 Å². The molecule has 0 spiro atoms. The zero-order valence-corrected chi connectivity index (χ0v) is 8.26. The van der Waals surface area contributed by atoms with Gasteiger partial charge >= 0.3 is 0 Å². The number of hydrogen-bond acceptors (Lipinski definition) is 3. The van der Waals surface area contributed by atoms with Crippen molar-refractivity contribution in [3.05, 3.63) is 22.4 Å². The topological polar surface area (TPSA) is 27.0 Å². The molecule has 1 fully saturated rings. The fourth-order valence-electron chi connectivity index (χ4n) is 1.46. The van der Waals surface area contributed by atoms with Gasteiger partial charge in [-0.3, -0.25) is 4.90 Å². The van der Waals surface area contributed by atoms with Crippen LogP contribution >= 0.6 is 11.3 Å². The summed E-state index contributed by atoms with van der Waals surface area (Å²) in [5.74, 6) is 0. The minimum absolute atomic E-state index is 0.570. The molecule has 0 aromatic carbocycles. The molecular weight excluding hydrogens is 180 g/mol. The van der Waals surface area contributed by atoms with Gasteiger partial charge in [0.25, 0.3) is 0 Å². The first-order valence-corrected chi connectivity index (χ1v) is 5.46. The van der Waals surface area contributed by atoms with Crippen LogP contribution in [-0.2, 0) is 6.54 Å². The standard InChI is InChI=1S/C10H12N2S/c11-4-5-12(10-1-2-10)7-9-3-6-13-8-9/h3,6,8,10H,1-2,5,7H2. The van der Waals surface area contributed by atoms with Crippen LogP contribution in [0, 0.1) is 11.3 Å². The summed E-state index contributed by atoms with van der Waals surface area (Å²) in [7, 11) is 0. The third kappa shape index (κ3) is 2.30. The van der Waals surface area contributed by atoms with Gasteiger partial charge in [0.2, 0.25) is 0 Å². The summed E-state index contributed by atoms with van der Waals surface area (Å²) in [5.41, 5.74) is 1.34. The molecule has 0 saturated heterocycles. The molecule has 2 nitrogen and oxygen atoms in total. The Morgan fingerprint density at radius 3 is 3.00 bits per heavy atom. The summed E-state index contributed by atoms with van der Waals surface area (Å²) in [6.07, 6.45) is 2.54. The Hall–Kier alpha value is -0.850. The van der Waals surface area contributed by atoms with Crippen molar-refractivity contribution in [1.29, 1.82) is 5.26 Å². The molecule has 0 bridgehead atoms. The highest BCUT2D eigenvalue weighted by molar-refractivity contribution is 7.07. The number of nitrogens with zero attached hydrogens (tertiary/aromatic N) is 2. The SMILES string of the molecule is N#CCN(Cc1ccsc1)C1CC1. The molecule has 1 aromatic heterocycles. The maximum Gasteiger partial charge on any atom is 0.0871 e. The molecule has 68 valence electrons. The van der Waals surface area contributed by atoms with Gasteiger partial charge in [-0.1, -0.05) is 0 Å². The van der Waals surface area contributed by atoms with E-state index in [0.29, 0.717) is 12.6 Å². The van der Waals surface area contributed by atoms with Crippen LogP contribution < -0.4 is 0 Å². The lowest BCUT2D eigenvalue weighted by Gasteiger charge is -2.16. The lowest BCUT2D eigenvalue weighted by molar-refractivity contribution is 0.287. The molecule has 0 amide bonds. The molecule has 2 rings (SSSR count). The lowest BCUT2D eigenvalue weighted by Crippen LogP contribution is -2.25. The normalized spacial score (nSPS) is 16.0. The summed E-state index contributed by atoms with van der Waals surface area (Å²) >= 11 is 1.72. The van der Waals surface area contributed by atoms with Crippen molar-refractivity contribution < 1.29 is 0 Å². The molecule has 1 heterocycles. The van der Waals surface area contributed by atoms with Gasteiger partial charge in [-0.05, 0) is 35.2 Å². The predicted octanol–water partition coefficient (Wildman–Crippen LogP) is 2.24. The lowest BCUT2D eigenvalue weighted by atomic mass is 10.3. The van der Waals surface area contributed by atoms with E-state index in [-0.39, 0.29) is 0 Å². The molecule has 0 N–H and O–H groups in total. The monoisotopic (exact) mass is 192 g/mol. The zero-order valence-electron chi connectivity index (χ0n) is 7.44. The predicted molar refractivity (Wildman–Crippen MR) is 53.4 cm³/mol. The van der Waals surface area contributed by atoms with E-state index < -0.39 is 0 Å². The van der Waals surface area contributed by atoms with E-state index in [1.54, 1.807) is 11.3 Å². The number of rotatable bonds is 4. The van der Waals surface area contributed by atoms with Crippen molar-refractivity contribution in [3.63, 3.8) is 0 Å². The van der Waals surface area contributed by atoms with Gasteiger partial charge in [0.05, 0.1) is 12.6 Å². The van der Waals surface area contributed by atoms with Crippen molar-refractivity contribution >= 4 is 11.3 Å². The fourth-order valence-corrected chi connectivity index (χ4v) is 2.12. The Bertz CT molecular complexity index is 295. The molecule has 0 unspecified atom stereocenters. The van der Waals surface area contributed by atoms with Gasteiger partial charge in [-0.25, -0.2) is 0 Å². The minimum Gasteiger partial charge on any atom is -0.283 e. The number of nitriles is 1. The maximum absolute atomic E-state index is 8.65. The van der Waals surface area contributed by atoms with Crippen LogP contribution in [0.25, 0.3) is 0 Å². The van der Waals surface area contributed by atoms with Gasteiger partial charge < -0.3 is 0 Å². The summed E-state index contributed by atoms with van der Waals surface area (Å²) in [5, 5.41) is 12.9. The van der Waals surface area contributed by atoms with Gasteiger partial charge in [-0.15, -0.1) is 0 Å². The molecular formula is C10H12N2S. The van der Waals surface area contributed by atoms with E-state index in [1.807, 2.05) is 0 Å². The van der Waals surface area contributed by atoms with Crippen molar-refractivity contribution in [2.24, 2.45) is 0 Å². The molecule has 3 heteroatoms. The Kier molecular flexibility index (Phi) is 2.62. The van der Waals surface area contributed by atoms with Crippen LogP contribution in [-0.4, -0.2) is 17.5 Å². The smallest absolute Gasteiger partial charge is 0.0871 e. The molecule has 0 radical (unpaired) electrons. The summed E-state index contributed by atoms with van der Waals surface area (Å²) in [6.45, 7) is 1.52. The Labute approximate surface area is 82.4 Å². The third-order valence-electron chi connectivity index (χ3n) is 2.30. The van der Waals surface area contributed by atoms with Gasteiger partial charge in [0, 0.05) is 12.6 Å². The molecule has 13 heavy (non-hydrogen) atoms. The summed E-state index contributed by atoms with van der Waals surface area (Å²) in [4.78, 5) is 2.27. The highest BCUT2D eigenvalue weighted by Crippen LogP contribution is 2.28. The summed E-state index contributed by atoms with van der Waals surface area (Å²) < 4.78 is 0. The van der Waals surface area contributed by atoms with E-state index in [0.717, 1.165) is 6.54 Å². The quantitative estimate of drug-likeness (QED) is 0.684.